The number of nitrogens with zero attached hydrogens (tertiary/aromatic N) is 1. The van der Waals surface area contributed by atoms with Crippen LogP contribution in [0.5, 0.6) is 0 Å². The smallest absolute Gasteiger partial charge is 0.136 e. The van der Waals surface area contributed by atoms with Crippen LogP contribution in [-0.4, -0.2) is 10.1 Å². The topological polar surface area (TPSA) is 45.2 Å². The molecule has 1 heterocycles. The minimum Gasteiger partial charge on any atom is -0.386 e. The van der Waals surface area contributed by atoms with Gasteiger partial charge in [0.05, 0.1) is 5.60 Å². The molecule has 0 spiro atoms. The lowest BCUT2D eigenvalue weighted by Crippen LogP contribution is -2.18. The van der Waals surface area contributed by atoms with Gasteiger partial charge in [-0.05, 0) is 32.0 Å². The summed E-state index contributed by atoms with van der Waals surface area (Å²) in [4.78, 5) is 4.27. The van der Waals surface area contributed by atoms with E-state index in [1.165, 1.54) is 0 Å². The highest BCUT2D eigenvalue weighted by molar-refractivity contribution is 5.60. The predicted molar refractivity (Wildman–Crippen MR) is 69.2 cm³/mol. The zero-order valence-corrected chi connectivity index (χ0v) is 10.0. The van der Waals surface area contributed by atoms with Crippen LogP contribution in [0, 0.1) is 0 Å². The monoisotopic (exact) mass is 228 g/mol. The van der Waals surface area contributed by atoms with E-state index >= 15 is 0 Å². The SMILES string of the molecule is CC(C)(O)c1cccnc1Nc1ccccc1. The average Bonchev–Trinajstić information content (AvgIpc) is 2.30. The molecule has 0 unspecified atom stereocenters. The van der Waals surface area contributed by atoms with Crippen molar-refractivity contribution in [2.45, 2.75) is 19.4 Å². The molecule has 1 aromatic carbocycles. The normalized spacial score (nSPS) is 11.2. The summed E-state index contributed by atoms with van der Waals surface area (Å²) in [5.41, 5.74) is 0.825. The van der Waals surface area contributed by atoms with E-state index in [2.05, 4.69) is 10.3 Å². The number of anilines is 2. The summed E-state index contributed by atoms with van der Waals surface area (Å²) in [6, 6.07) is 13.5. The van der Waals surface area contributed by atoms with E-state index in [1.807, 2.05) is 42.5 Å². The first-order chi connectivity index (χ1) is 8.07. The van der Waals surface area contributed by atoms with Crippen molar-refractivity contribution in [3.63, 3.8) is 0 Å². The van der Waals surface area contributed by atoms with Crippen molar-refractivity contribution in [2.24, 2.45) is 0 Å². The highest BCUT2D eigenvalue weighted by atomic mass is 16.3. The maximum atomic E-state index is 10.1. The second-order valence-electron chi connectivity index (χ2n) is 4.45. The number of benzene rings is 1. The molecule has 3 nitrogen and oxygen atoms in total. The number of hydrogen-bond acceptors (Lipinski definition) is 3. The Kier molecular flexibility index (Phi) is 3.11. The van der Waals surface area contributed by atoms with E-state index in [9.17, 15) is 5.11 Å². The highest BCUT2D eigenvalue weighted by Crippen LogP contribution is 2.27. The number of hydrogen-bond donors (Lipinski definition) is 2. The zero-order chi connectivity index (χ0) is 12.3. The van der Waals surface area contributed by atoms with Gasteiger partial charge in [0.1, 0.15) is 5.82 Å². The van der Waals surface area contributed by atoms with Gasteiger partial charge in [0.25, 0.3) is 0 Å². The number of para-hydroxylation sites is 1. The van der Waals surface area contributed by atoms with Gasteiger partial charge in [0, 0.05) is 17.4 Å². The summed E-state index contributed by atoms with van der Waals surface area (Å²) in [5, 5.41) is 13.3. The van der Waals surface area contributed by atoms with Crippen LogP contribution in [0.1, 0.15) is 19.4 Å². The van der Waals surface area contributed by atoms with Crippen molar-refractivity contribution < 1.29 is 5.11 Å². The third-order valence-electron chi connectivity index (χ3n) is 2.50. The van der Waals surface area contributed by atoms with E-state index in [0.29, 0.717) is 5.82 Å². The van der Waals surface area contributed by atoms with E-state index in [-0.39, 0.29) is 0 Å². The Labute approximate surface area is 101 Å². The molecule has 17 heavy (non-hydrogen) atoms. The molecular formula is C14H16N2O. The van der Waals surface area contributed by atoms with Gasteiger partial charge in [-0.25, -0.2) is 4.98 Å². The van der Waals surface area contributed by atoms with Crippen molar-refractivity contribution in [2.75, 3.05) is 5.32 Å². The summed E-state index contributed by atoms with van der Waals surface area (Å²) in [5.74, 6) is 0.686. The number of pyridine rings is 1. The molecule has 0 aliphatic heterocycles. The lowest BCUT2D eigenvalue weighted by Gasteiger charge is -2.21. The summed E-state index contributed by atoms with van der Waals surface area (Å²) in [6.45, 7) is 3.50. The molecule has 2 N–H and O–H groups in total. The molecule has 2 aromatic rings. The maximum Gasteiger partial charge on any atom is 0.136 e. The molecule has 3 heteroatoms. The fourth-order valence-electron chi connectivity index (χ4n) is 1.66. The molecular weight excluding hydrogens is 212 g/mol. The molecule has 1 aromatic heterocycles. The molecule has 0 saturated carbocycles. The van der Waals surface area contributed by atoms with Crippen LogP contribution in [0.2, 0.25) is 0 Å². The lowest BCUT2D eigenvalue weighted by atomic mass is 9.99. The molecule has 0 aliphatic carbocycles. The zero-order valence-electron chi connectivity index (χ0n) is 10.0. The molecule has 0 aliphatic rings. The lowest BCUT2D eigenvalue weighted by molar-refractivity contribution is 0.0791. The van der Waals surface area contributed by atoms with Gasteiger partial charge in [-0.2, -0.15) is 0 Å². The summed E-state index contributed by atoms with van der Waals surface area (Å²) in [7, 11) is 0. The van der Waals surface area contributed by atoms with E-state index in [0.717, 1.165) is 11.3 Å². The molecule has 0 radical (unpaired) electrons. The van der Waals surface area contributed by atoms with Crippen molar-refractivity contribution in [3.05, 3.63) is 54.2 Å². The van der Waals surface area contributed by atoms with Crippen molar-refractivity contribution in [1.82, 2.24) is 4.98 Å². The third kappa shape index (κ3) is 2.82. The fourth-order valence-corrected chi connectivity index (χ4v) is 1.66. The molecule has 0 amide bonds. The van der Waals surface area contributed by atoms with Gasteiger partial charge in [0.15, 0.2) is 0 Å². The Hall–Kier alpha value is -1.87. The summed E-state index contributed by atoms with van der Waals surface area (Å²) < 4.78 is 0. The molecule has 0 bridgehead atoms. The summed E-state index contributed by atoms with van der Waals surface area (Å²) in [6.07, 6.45) is 1.71. The molecule has 88 valence electrons. The van der Waals surface area contributed by atoms with Crippen LogP contribution in [0.25, 0.3) is 0 Å². The predicted octanol–water partition coefficient (Wildman–Crippen LogP) is 3.05. The second kappa shape index (κ2) is 4.55. The first kappa shape index (κ1) is 11.6. The van der Waals surface area contributed by atoms with E-state index in [1.54, 1.807) is 20.0 Å². The van der Waals surface area contributed by atoms with Crippen molar-refractivity contribution >= 4 is 11.5 Å². The largest absolute Gasteiger partial charge is 0.386 e. The second-order valence-corrected chi connectivity index (χ2v) is 4.45. The Morgan fingerprint density at radius 1 is 1.06 bits per heavy atom. The van der Waals surface area contributed by atoms with E-state index < -0.39 is 5.60 Å². The Morgan fingerprint density at radius 2 is 1.76 bits per heavy atom. The quantitative estimate of drug-likeness (QED) is 0.848. The van der Waals surface area contributed by atoms with Crippen LogP contribution >= 0.6 is 0 Å². The number of rotatable bonds is 3. The Balaban J connectivity index is 2.34. The van der Waals surface area contributed by atoms with Gasteiger partial charge in [0.2, 0.25) is 0 Å². The van der Waals surface area contributed by atoms with Gasteiger partial charge in [-0.3, -0.25) is 0 Å². The Bertz CT molecular complexity index is 489. The number of nitrogens with one attached hydrogen (secondary N) is 1. The van der Waals surface area contributed by atoms with E-state index in [4.69, 9.17) is 0 Å². The summed E-state index contributed by atoms with van der Waals surface area (Å²) >= 11 is 0. The minimum atomic E-state index is -0.911. The standard InChI is InChI=1S/C14H16N2O/c1-14(2,17)12-9-6-10-15-13(12)16-11-7-4-3-5-8-11/h3-10,17H,1-2H3,(H,15,16). The molecule has 0 fully saturated rings. The van der Waals surface area contributed by atoms with Crippen LogP contribution in [0.4, 0.5) is 11.5 Å². The molecule has 2 rings (SSSR count). The fraction of sp³-hybridized carbons (Fsp3) is 0.214. The number of aliphatic hydroxyl groups is 1. The van der Waals surface area contributed by atoms with Crippen LogP contribution < -0.4 is 5.32 Å². The minimum absolute atomic E-state index is 0.686. The van der Waals surface area contributed by atoms with Gasteiger partial charge in [-0.15, -0.1) is 0 Å². The van der Waals surface area contributed by atoms with Crippen LogP contribution in [-0.2, 0) is 5.60 Å². The Morgan fingerprint density at radius 3 is 2.41 bits per heavy atom. The third-order valence-corrected chi connectivity index (χ3v) is 2.50. The van der Waals surface area contributed by atoms with Crippen LogP contribution in [0.15, 0.2) is 48.7 Å². The average molecular weight is 228 g/mol. The number of aromatic nitrogens is 1. The first-order valence-corrected chi connectivity index (χ1v) is 5.57. The van der Waals surface area contributed by atoms with Gasteiger partial charge < -0.3 is 10.4 Å². The van der Waals surface area contributed by atoms with Gasteiger partial charge >= 0.3 is 0 Å². The van der Waals surface area contributed by atoms with Gasteiger partial charge in [-0.1, -0.05) is 24.3 Å². The maximum absolute atomic E-state index is 10.1. The van der Waals surface area contributed by atoms with Crippen LogP contribution in [0.3, 0.4) is 0 Å². The van der Waals surface area contributed by atoms with Crippen molar-refractivity contribution in [1.29, 1.82) is 0 Å². The molecule has 0 atom stereocenters. The van der Waals surface area contributed by atoms with Crippen molar-refractivity contribution in [3.8, 4) is 0 Å². The first-order valence-electron chi connectivity index (χ1n) is 5.57. The highest BCUT2D eigenvalue weighted by Gasteiger charge is 2.20. The molecule has 0 saturated heterocycles.